The van der Waals surface area contributed by atoms with E-state index in [4.69, 9.17) is 0 Å². The van der Waals surface area contributed by atoms with Crippen molar-refractivity contribution < 1.29 is 4.79 Å². The summed E-state index contributed by atoms with van der Waals surface area (Å²) in [5.74, 6) is 0.121. The minimum Gasteiger partial charge on any atom is -0.325 e. The molecule has 0 heterocycles. The summed E-state index contributed by atoms with van der Waals surface area (Å²) in [5.41, 5.74) is 4.22. The highest BCUT2D eigenvalue weighted by Gasteiger charge is 2.51. The van der Waals surface area contributed by atoms with Crippen molar-refractivity contribution >= 4 is 11.6 Å². The second-order valence-electron chi connectivity index (χ2n) is 5.95. The molecule has 1 aliphatic carbocycles. The fourth-order valence-electron chi connectivity index (χ4n) is 2.72. The van der Waals surface area contributed by atoms with Crippen LogP contribution in [0, 0.1) is 6.92 Å². The third-order valence-electron chi connectivity index (χ3n) is 4.41. The lowest BCUT2D eigenvalue weighted by Gasteiger charge is -2.16. The lowest BCUT2D eigenvalue weighted by Crippen LogP contribution is -2.27. The van der Waals surface area contributed by atoms with Crippen molar-refractivity contribution in [3.63, 3.8) is 0 Å². The molecule has 1 N–H and O–H groups in total. The number of hydrogen-bond donors (Lipinski definition) is 1. The molecule has 2 aromatic carbocycles. The molecule has 0 atom stereocenters. The summed E-state index contributed by atoms with van der Waals surface area (Å²) >= 11 is 0. The van der Waals surface area contributed by atoms with Gasteiger partial charge in [0.05, 0.1) is 5.41 Å². The van der Waals surface area contributed by atoms with Crippen LogP contribution in [0.25, 0.3) is 0 Å². The Labute approximate surface area is 126 Å². The highest BCUT2D eigenvalue weighted by molar-refractivity contribution is 6.01. The van der Waals surface area contributed by atoms with Gasteiger partial charge in [-0.05, 0) is 49.4 Å². The van der Waals surface area contributed by atoms with Crippen LogP contribution in [0.1, 0.15) is 36.5 Å². The van der Waals surface area contributed by atoms with E-state index in [0.29, 0.717) is 0 Å². The van der Waals surface area contributed by atoms with E-state index in [-0.39, 0.29) is 11.3 Å². The maximum atomic E-state index is 12.6. The van der Waals surface area contributed by atoms with Crippen LogP contribution in [0.5, 0.6) is 0 Å². The largest absolute Gasteiger partial charge is 0.325 e. The number of amides is 1. The number of carbonyl (C=O) groups is 1. The second-order valence-corrected chi connectivity index (χ2v) is 5.95. The van der Waals surface area contributed by atoms with Gasteiger partial charge in [0.25, 0.3) is 0 Å². The summed E-state index contributed by atoms with van der Waals surface area (Å²) < 4.78 is 0. The Hall–Kier alpha value is -2.09. The molecular formula is C19H21NO. The zero-order valence-corrected chi connectivity index (χ0v) is 12.6. The molecule has 3 rings (SSSR count). The van der Waals surface area contributed by atoms with Gasteiger partial charge in [-0.15, -0.1) is 0 Å². The summed E-state index contributed by atoms with van der Waals surface area (Å²) in [4.78, 5) is 12.6. The van der Waals surface area contributed by atoms with Gasteiger partial charge >= 0.3 is 0 Å². The lowest BCUT2D eigenvalue weighted by molar-refractivity contribution is -0.118. The Morgan fingerprint density at radius 2 is 1.67 bits per heavy atom. The van der Waals surface area contributed by atoms with Crippen molar-refractivity contribution in [2.75, 3.05) is 5.32 Å². The van der Waals surface area contributed by atoms with Crippen LogP contribution in [0.15, 0.2) is 48.5 Å². The van der Waals surface area contributed by atoms with Crippen molar-refractivity contribution in [3.05, 3.63) is 65.2 Å². The molecule has 1 amide bonds. The number of hydrogen-bond acceptors (Lipinski definition) is 1. The number of rotatable bonds is 4. The number of aryl methyl sites for hydroxylation is 2. The smallest absolute Gasteiger partial charge is 0.235 e. The minimum atomic E-state index is -0.308. The predicted molar refractivity (Wildman–Crippen MR) is 86.5 cm³/mol. The zero-order valence-electron chi connectivity index (χ0n) is 12.6. The fourth-order valence-corrected chi connectivity index (χ4v) is 2.72. The second kappa shape index (κ2) is 5.36. The van der Waals surface area contributed by atoms with E-state index in [0.717, 1.165) is 30.5 Å². The number of benzene rings is 2. The van der Waals surface area contributed by atoms with Crippen molar-refractivity contribution in [1.29, 1.82) is 0 Å². The standard InChI is InChI=1S/C19H21NO/c1-3-15-6-10-17(11-7-15)20-18(21)19(12-13-19)16-8-4-14(2)5-9-16/h4-11H,3,12-13H2,1-2H3,(H,20,21). The zero-order chi connectivity index (χ0) is 14.9. The summed E-state index contributed by atoms with van der Waals surface area (Å²) in [6.07, 6.45) is 2.89. The van der Waals surface area contributed by atoms with Gasteiger partial charge in [0.15, 0.2) is 0 Å². The number of nitrogens with one attached hydrogen (secondary N) is 1. The topological polar surface area (TPSA) is 29.1 Å². The quantitative estimate of drug-likeness (QED) is 0.891. The highest BCUT2D eigenvalue weighted by atomic mass is 16.2. The average Bonchev–Trinajstić information content (AvgIpc) is 3.30. The Bertz CT molecular complexity index is 636. The van der Waals surface area contributed by atoms with E-state index in [1.165, 1.54) is 11.1 Å². The molecule has 0 aromatic heterocycles. The van der Waals surface area contributed by atoms with E-state index in [9.17, 15) is 4.79 Å². The van der Waals surface area contributed by atoms with Crippen LogP contribution in [0.3, 0.4) is 0 Å². The molecule has 21 heavy (non-hydrogen) atoms. The van der Waals surface area contributed by atoms with E-state index in [1.807, 2.05) is 12.1 Å². The molecule has 2 aromatic rings. The number of anilines is 1. The molecule has 108 valence electrons. The van der Waals surface area contributed by atoms with Gasteiger partial charge in [0.2, 0.25) is 5.91 Å². The third kappa shape index (κ3) is 2.71. The van der Waals surface area contributed by atoms with Crippen LogP contribution < -0.4 is 5.32 Å². The van der Waals surface area contributed by atoms with Gasteiger partial charge in [-0.1, -0.05) is 48.9 Å². The van der Waals surface area contributed by atoms with Gasteiger partial charge in [0, 0.05) is 5.69 Å². The molecule has 0 unspecified atom stereocenters. The van der Waals surface area contributed by atoms with Crippen LogP contribution in [-0.2, 0) is 16.6 Å². The van der Waals surface area contributed by atoms with Gasteiger partial charge in [-0.25, -0.2) is 0 Å². The molecular weight excluding hydrogens is 258 g/mol. The maximum absolute atomic E-state index is 12.6. The van der Waals surface area contributed by atoms with E-state index in [2.05, 4.69) is 55.6 Å². The summed E-state index contributed by atoms with van der Waals surface area (Å²) in [6, 6.07) is 16.5. The summed E-state index contributed by atoms with van der Waals surface area (Å²) in [6.45, 7) is 4.20. The molecule has 1 aliphatic rings. The molecule has 2 nitrogen and oxygen atoms in total. The Morgan fingerprint density at radius 3 is 2.19 bits per heavy atom. The molecule has 0 aliphatic heterocycles. The SMILES string of the molecule is CCc1ccc(NC(=O)C2(c3ccc(C)cc3)CC2)cc1. The van der Waals surface area contributed by atoms with E-state index < -0.39 is 0 Å². The highest BCUT2D eigenvalue weighted by Crippen LogP contribution is 2.49. The first-order valence-electron chi connectivity index (χ1n) is 7.61. The molecule has 0 bridgehead atoms. The van der Waals surface area contributed by atoms with Gasteiger partial charge in [0.1, 0.15) is 0 Å². The third-order valence-corrected chi connectivity index (χ3v) is 4.41. The monoisotopic (exact) mass is 279 g/mol. The number of carbonyl (C=O) groups excluding carboxylic acids is 1. The fraction of sp³-hybridized carbons (Fsp3) is 0.316. The average molecular weight is 279 g/mol. The van der Waals surface area contributed by atoms with E-state index in [1.54, 1.807) is 0 Å². The van der Waals surface area contributed by atoms with Crippen LogP contribution in [-0.4, -0.2) is 5.91 Å². The Balaban J connectivity index is 1.76. The lowest BCUT2D eigenvalue weighted by atomic mass is 9.94. The summed E-state index contributed by atoms with van der Waals surface area (Å²) in [5, 5.41) is 3.07. The van der Waals surface area contributed by atoms with Crippen molar-refractivity contribution in [2.45, 2.75) is 38.5 Å². The van der Waals surface area contributed by atoms with Gasteiger partial charge < -0.3 is 5.32 Å². The molecule has 0 saturated heterocycles. The van der Waals surface area contributed by atoms with Crippen LogP contribution in [0.2, 0.25) is 0 Å². The van der Waals surface area contributed by atoms with Crippen LogP contribution in [0.4, 0.5) is 5.69 Å². The van der Waals surface area contributed by atoms with Gasteiger partial charge in [-0.2, -0.15) is 0 Å². The summed E-state index contributed by atoms with van der Waals surface area (Å²) in [7, 11) is 0. The minimum absolute atomic E-state index is 0.121. The molecule has 0 spiro atoms. The van der Waals surface area contributed by atoms with Crippen molar-refractivity contribution in [2.24, 2.45) is 0 Å². The van der Waals surface area contributed by atoms with E-state index >= 15 is 0 Å². The molecule has 1 fully saturated rings. The Kier molecular flexibility index (Phi) is 3.54. The first-order chi connectivity index (χ1) is 10.1. The normalized spacial score (nSPS) is 15.5. The predicted octanol–water partition coefficient (Wildman–Crippen LogP) is 4.23. The maximum Gasteiger partial charge on any atom is 0.235 e. The first-order valence-corrected chi connectivity index (χ1v) is 7.61. The molecule has 0 radical (unpaired) electrons. The van der Waals surface area contributed by atoms with Gasteiger partial charge in [-0.3, -0.25) is 4.79 Å². The van der Waals surface area contributed by atoms with Crippen molar-refractivity contribution in [3.8, 4) is 0 Å². The van der Waals surface area contributed by atoms with Crippen LogP contribution >= 0.6 is 0 Å². The Morgan fingerprint density at radius 1 is 1.05 bits per heavy atom. The molecule has 1 saturated carbocycles. The molecule has 2 heteroatoms. The first kappa shape index (κ1) is 13.9. The van der Waals surface area contributed by atoms with Crippen molar-refractivity contribution in [1.82, 2.24) is 0 Å².